The minimum Gasteiger partial charge on any atom is -0.339 e. The van der Waals surface area contributed by atoms with Crippen LogP contribution in [0.1, 0.15) is 11.3 Å². The first-order chi connectivity index (χ1) is 12.4. The second kappa shape index (κ2) is 7.84. The monoisotopic (exact) mass is 377 g/mol. The van der Waals surface area contributed by atoms with Gasteiger partial charge in [0.2, 0.25) is 5.91 Å². The third-order valence-electron chi connectivity index (χ3n) is 4.49. The molecule has 0 spiro atoms. The molecule has 1 aliphatic heterocycles. The smallest absolute Gasteiger partial charge is 0.309 e. The van der Waals surface area contributed by atoms with Crippen LogP contribution in [-0.2, 0) is 17.9 Å². The summed E-state index contributed by atoms with van der Waals surface area (Å²) in [5.74, 6) is -0.0835. The molecule has 1 aromatic heterocycles. The number of amides is 1. The van der Waals surface area contributed by atoms with Gasteiger partial charge in [0.25, 0.3) is 0 Å². The Bertz CT molecular complexity index is 814. The lowest BCUT2D eigenvalue weighted by Crippen LogP contribution is -2.49. The number of piperazine rings is 1. The lowest BCUT2D eigenvalue weighted by Gasteiger charge is -2.34. The van der Waals surface area contributed by atoms with E-state index in [0.29, 0.717) is 18.8 Å². The molecule has 0 saturated carbocycles. The Hall–Kier alpha value is -2.45. The van der Waals surface area contributed by atoms with Crippen LogP contribution in [0.25, 0.3) is 0 Å². The van der Waals surface area contributed by atoms with Crippen molar-refractivity contribution in [1.29, 1.82) is 0 Å². The Labute approximate surface area is 156 Å². The van der Waals surface area contributed by atoms with E-state index in [0.717, 1.165) is 30.2 Å². The van der Waals surface area contributed by atoms with Gasteiger partial charge in [-0.1, -0.05) is 29.8 Å². The largest absolute Gasteiger partial charge is 0.339 e. The van der Waals surface area contributed by atoms with Gasteiger partial charge < -0.3 is 4.90 Å². The van der Waals surface area contributed by atoms with Crippen molar-refractivity contribution < 1.29 is 9.72 Å². The molecule has 0 bridgehead atoms. The van der Waals surface area contributed by atoms with Crippen molar-refractivity contribution in [2.75, 3.05) is 26.2 Å². The fraction of sp³-hybridized carbons (Fsp3) is 0.412. The predicted octanol–water partition coefficient (Wildman–Crippen LogP) is 2.10. The molecule has 0 aliphatic carbocycles. The average molecular weight is 378 g/mol. The Balaban J connectivity index is 1.53. The highest BCUT2D eigenvalue weighted by Crippen LogP contribution is 2.18. The van der Waals surface area contributed by atoms with Crippen LogP contribution in [-0.4, -0.2) is 56.6 Å². The van der Waals surface area contributed by atoms with Crippen LogP contribution in [0.3, 0.4) is 0 Å². The average Bonchev–Trinajstić information content (AvgIpc) is 2.98. The molecular formula is C17H20ClN5O3. The molecule has 1 saturated heterocycles. The van der Waals surface area contributed by atoms with E-state index in [1.165, 1.54) is 10.9 Å². The minimum atomic E-state index is -0.489. The maximum atomic E-state index is 12.4. The first-order valence-electron chi connectivity index (χ1n) is 8.36. The zero-order valence-electron chi connectivity index (χ0n) is 14.5. The van der Waals surface area contributed by atoms with Crippen LogP contribution in [0.15, 0.2) is 30.5 Å². The molecule has 3 rings (SSSR count). The number of hydrogen-bond donors (Lipinski definition) is 0. The van der Waals surface area contributed by atoms with Crippen molar-refractivity contribution in [3.8, 4) is 0 Å². The highest BCUT2D eigenvalue weighted by Gasteiger charge is 2.23. The van der Waals surface area contributed by atoms with Crippen molar-refractivity contribution in [2.45, 2.75) is 20.0 Å². The van der Waals surface area contributed by atoms with Gasteiger partial charge in [0, 0.05) is 37.7 Å². The molecule has 8 nitrogen and oxygen atoms in total. The number of carbonyl (C=O) groups is 1. The van der Waals surface area contributed by atoms with Crippen LogP contribution >= 0.6 is 11.6 Å². The number of halogens is 1. The summed E-state index contributed by atoms with van der Waals surface area (Å²) in [6, 6.07) is 7.75. The SMILES string of the molecule is Cc1nn(CC(=O)N2CCN(Cc3ccccc3Cl)CC2)cc1[N+](=O)[O-]. The topological polar surface area (TPSA) is 84.5 Å². The van der Waals surface area contributed by atoms with E-state index in [2.05, 4.69) is 10.00 Å². The molecule has 0 atom stereocenters. The fourth-order valence-corrected chi connectivity index (χ4v) is 3.22. The number of hydrogen-bond acceptors (Lipinski definition) is 5. The van der Waals surface area contributed by atoms with Crippen LogP contribution in [0, 0.1) is 17.0 Å². The van der Waals surface area contributed by atoms with E-state index in [4.69, 9.17) is 11.6 Å². The van der Waals surface area contributed by atoms with Gasteiger partial charge in [-0.15, -0.1) is 0 Å². The number of rotatable bonds is 5. The van der Waals surface area contributed by atoms with Crippen molar-refractivity contribution in [1.82, 2.24) is 19.6 Å². The van der Waals surface area contributed by atoms with Gasteiger partial charge in [-0.25, -0.2) is 0 Å². The molecule has 2 aromatic rings. The predicted molar refractivity (Wildman–Crippen MR) is 96.9 cm³/mol. The van der Waals surface area contributed by atoms with Crippen molar-refractivity contribution >= 4 is 23.2 Å². The third kappa shape index (κ3) is 4.20. The van der Waals surface area contributed by atoms with Crippen LogP contribution in [0.4, 0.5) is 5.69 Å². The summed E-state index contributed by atoms with van der Waals surface area (Å²) in [4.78, 5) is 26.8. The fourth-order valence-electron chi connectivity index (χ4n) is 3.03. The Morgan fingerprint density at radius 3 is 2.58 bits per heavy atom. The zero-order valence-corrected chi connectivity index (χ0v) is 15.2. The number of nitro groups is 1. The van der Waals surface area contributed by atoms with E-state index in [9.17, 15) is 14.9 Å². The van der Waals surface area contributed by atoms with Crippen molar-refractivity contribution in [2.24, 2.45) is 0 Å². The van der Waals surface area contributed by atoms with Gasteiger partial charge >= 0.3 is 5.69 Å². The molecule has 1 amide bonds. The van der Waals surface area contributed by atoms with E-state index < -0.39 is 4.92 Å². The second-order valence-electron chi connectivity index (χ2n) is 6.30. The summed E-state index contributed by atoms with van der Waals surface area (Å²) in [5.41, 5.74) is 1.32. The van der Waals surface area contributed by atoms with Gasteiger partial charge in [0.1, 0.15) is 18.4 Å². The Morgan fingerprint density at radius 1 is 1.27 bits per heavy atom. The van der Waals surface area contributed by atoms with Gasteiger partial charge in [0.05, 0.1) is 4.92 Å². The number of aryl methyl sites for hydroxylation is 1. The highest BCUT2D eigenvalue weighted by molar-refractivity contribution is 6.31. The molecular weight excluding hydrogens is 358 g/mol. The maximum absolute atomic E-state index is 12.4. The van der Waals surface area contributed by atoms with Gasteiger partial charge in [0.15, 0.2) is 0 Å². The number of benzene rings is 1. The van der Waals surface area contributed by atoms with Gasteiger partial charge in [-0.05, 0) is 18.6 Å². The van der Waals surface area contributed by atoms with E-state index in [1.807, 2.05) is 24.3 Å². The maximum Gasteiger partial charge on any atom is 0.309 e. The molecule has 0 N–H and O–H groups in total. The van der Waals surface area contributed by atoms with Crippen molar-refractivity contribution in [3.05, 3.63) is 56.9 Å². The van der Waals surface area contributed by atoms with E-state index in [1.54, 1.807) is 11.8 Å². The lowest BCUT2D eigenvalue weighted by atomic mass is 10.2. The molecule has 1 fully saturated rings. The zero-order chi connectivity index (χ0) is 18.7. The van der Waals surface area contributed by atoms with E-state index >= 15 is 0 Å². The Morgan fingerprint density at radius 2 is 1.96 bits per heavy atom. The number of nitrogens with zero attached hydrogens (tertiary/aromatic N) is 5. The summed E-state index contributed by atoms with van der Waals surface area (Å²) in [7, 11) is 0. The third-order valence-corrected chi connectivity index (χ3v) is 4.86. The highest BCUT2D eigenvalue weighted by atomic mass is 35.5. The van der Waals surface area contributed by atoms with Crippen molar-refractivity contribution in [3.63, 3.8) is 0 Å². The molecule has 9 heteroatoms. The molecule has 1 aromatic carbocycles. The van der Waals surface area contributed by atoms with Gasteiger partial charge in [-0.3, -0.25) is 24.5 Å². The minimum absolute atomic E-state index is 0.0131. The van der Waals surface area contributed by atoms with E-state index in [-0.39, 0.29) is 18.1 Å². The summed E-state index contributed by atoms with van der Waals surface area (Å²) in [6.45, 7) is 5.08. The lowest BCUT2D eigenvalue weighted by molar-refractivity contribution is -0.385. The molecule has 138 valence electrons. The molecule has 0 unspecified atom stereocenters. The molecule has 26 heavy (non-hydrogen) atoms. The quantitative estimate of drug-likeness (QED) is 0.588. The van der Waals surface area contributed by atoms with Gasteiger partial charge in [-0.2, -0.15) is 5.10 Å². The Kier molecular flexibility index (Phi) is 5.53. The summed E-state index contributed by atoms with van der Waals surface area (Å²) in [5, 5.41) is 15.7. The second-order valence-corrected chi connectivity index (χ2v) is 6.71. The van der Waals surface area contributed by atoms with Crippen LogP contribution in [0.2, 0.25) is 5.02 Å². The standard InChI is InChI=1S/C17H20ClN5O3/c1-13-16(23(25)26)11-22(19-13)12-17(24)21-8-6-20(7-9-21)10-14-4-2-3-5-15(14)18/h2-5,11H,6-10,12H2,1H3. The molecule has 2 heterocycles. The molecule has 1 aliphatic rings. The summed E-state index contributed by atoms with van der Waals surface area (Å²) >= 11 is 6.20. The summed E-state index contributed by atoms with van der Waals surface area (Å²) in [6.07, 6.45) is 1.31. The van der Waals surface area contributed by atoms with Crippen LogP contribution < -0.4 is 0 Å². The molecule has 0 radical (unpaired) electrons. The van der Waals surface area contributed by atoms with Crippen LogP contribution in [0.5, 0.6) is 0 Å². The number of aromatic nitrogens is 2. The first-order valence-corrected chi connectivity index (χ1v) is 8.74. The first kappa shape index (κ1) is 18.3. The normalized spacial score (nSPS) is 15.2. The number of carbonyl (C=O) groups excluding carboxylic acids is 1. The summed E-state index contributed by atoms with van der Waals surface area (Å²) < 4.78 is 1.34.